The van der Waals surface area contributed by atoms with E-state index in [2.05, 4.69) is 10.6 Å². The van der Waals surface area contributed by atoms with Crippen LogP contribution in [0.25, 0.3) is 0 Å². The minimum Gasteiger partial charge on any atom is -0.478 e. The van der Waals surface area contributed by atoms with Crippen molar-refractivity contribution >= 4 is 17.7 Å². The van der Waals surface area contributed by atoms with Crippen LogP contribution in [0.1, 0.15) is 17.3 Å². The molecule has 0 bridgehead atoms. The highest BCUT2D eigenvalue weighted by Gasteiger charge is 2.11. The molecule has 0 saturated heterocycles. The molecule has 0 heterocycles. The Bertz CT molecular complexity index is 493. The lowest BCUT2D eigenvalue weighted by Crippen LogP contribution is -2.33. The van der Waals surface area contributed by atoms with E-state index in [0.29, 0.717) is 13.2 Å². The lowest BCUT2D eigenvalue weighted by molar-refractivity contribution is 0.0696. The number of carbonyl (C=O) groups excluding carboxylic acids is 1. The summed E-state index contributed by atoms with van der Waals surface area (Å²) in [5.41, 5.74) is -0.255. The maximum absolute atomic E-state index is 13.6. The molecular weight excluding hydrogens is 267 g/mol. The smallest absolute Gasteiger partial charge is 0.335 e. The third-order valence-corrected chi connectivity index (χ3v) is 2.53. The minimum atomic E-state index is -1.23. The zero-order valence-electron chi connectivity index (χ0n) is 11.3. The van der Waals surface area contributed by atoms with E-state index in [1.165, 1.54) is 12.1 Å². The Kier molecular flexibility index (Phi) is 5.92. The maximum Gasteiger partial charge on any atom is 0.335 e. The monoisotopic (exact) mass is 284 g/mol. The van der Waals surface area contributed by atoms with Crippen molar-refractivity contribution in [1.29, 1.82) is 0 Å². The van der Waals surface area contributed by atoms with Gasteiger partial charge in [-0.3, -0.25) is 0 Å². The Hall–Kier alpha value is -2.15. The number of carbonyl (C=O) groups is 2. The van der Waals surface area contributed by atoms with Crippen molar-refractivity contribution in [3.63, 3.8) is 0 Å². The molecule has 1 aromatic carbocycles. The number of carboxylic acids is 1. The van der Waals surface area contributed by atoms with Crippen molar-refractivity contribution in [2.45, 2.75) is 6.92 Å². The van der Waals surface area contributed by atoms with Crippen LogP contribution in [0.15, 0.2) is 18.2 Å². The largest absolute Gasteiger partial charge is 0.478 e. The molecule has 0 saturated carbocycles. The number of ether oxygens (including phenoxy) is 1. The molecule has 0 aromatic heterocycles. The summed E-state index contributed by atoms with van der Waals surface area (Å²) in [6, 6.07) is 2.71. The molecule has 0 aliphatic rings. The Morgan fingerprint density at radius 2 is 2.15 bits per heavy atom. The summed E-state index contributed by atoms with van der Waals surface area (Å²) in [6.45, 7) is 2.78. The number of hydrogen-bond acceptors (Lipinski definition) is 3. The van der Waals surface area contributed by atoms with Gasteiger partial charge in [-0.05, 0) is 24.1 Å². The number of methoxy groups -OCH3 is 1. The standard InChI is InChI=1S/C13H17FN2O4/c1-8(7-20-2)6-15-13(19)16-11-4-3-9(12(17)18)5-10(11)14/h3-5,8H,6-7H2,1-2H3,(H,17,18)(H2,15,16,19). The number of benzene rings is 1. The Labute approximate surface area is 115 Å². The van der Waals surface area contributed by atoms with Crippen molar-refractivity contribution in [2.24, 2.45) is 5.92 Å². The van der Waals surface area contributed by atoms with E-state index in [-0.39, 0.29) is 17.2 Å². The number of urea groups is 1. The van der Waals surface area contributed by atoms with Crippen LogP contribution in [0.3, 0.4) is 0 Å². The number of hydrogen-bond donors (Lipinski definition) is 3. The highest BCUT2D eigenvalue weighted by Crippen LogP contribution is 2.15. The van der Waals surface area contributed by atoms with Gasteiger partial charge in [0.2, 0.25) is 0 Å². The van der Waals surface area contributed by atoms with Crippen LogP contribution in [-0.4, -0.2) is 37.4 Å². The molecule has 20 heavy (non-hydrogen) atoms. The number of halogens is 1. The zero-order chi connectivity index (χ0) is 15.1. The highest BCUT2D eigenvalue weighted by atomic mass is 19.1. The molecule has 3 N–H and O–H groups in total. The van der Waals surface area contributed by atoms with Crippen molar-refractivity contribution in [2.75, 3.05) is 25.6 Å². The molecule has 0 aliphatic carbocycles. The average molecular weight is 284 g/mol. The van der Waals surface area contributed by atoms with Gasteiger partial charge in [0.05, 0.1) is 17.9 Å². The fourth-order valence-electron chi connectivity index (χ4n) is 1.53. The summed E-state index contributed by atoms with van der Waals surface area (Å²) >= 11 is 0. The van der Waals surface area contributed by atoms with Crippen molar-refractivity contribution in [3.8, 4) is 0 Å². The fraction of sp³-hybridized carbons (Fsp3) is 0.385. The van der Waals surface area contributed by atoms with Crippen LogP contribution in [0, 0.1) is 11.7 Å². The van der Waals surface area contributed by atoms with Crippen LogP contribution in [0.5, 0.6) is 0 Å². The molecular formula is C13H17FN2O4. The van der Waals surface area contributed by atoms with Crippen LogP contribution >= 0.6 is 0 Å². The second-order valence-electron chi connectivity index (χ2n) is 4.40. The SMILES string of the molecule is COCC(C)CNC(=O)Nc1ccc(C(=O)O)cc1F. The molecule has 0 spiro atoms. The van der Waals surface area contributed by atoms with Gasteiger partial charge < -0.3 is 20.5 Å². The van der Waals surface area contributed by atoms with Gasteiger partial charge in [0.1, 0.15) is 5.82 Å². The van der Waals surface area contributed by atoms with Gasteiger partial charge in [-0.1, -0.05) is 6.92 Å². The van der Waals surface area contributed by atoms with Crippen LogP contribution < -0.4 is 10.6 Å². The van der Waals surface area contributed by atoms with Gasteiger partial charge in [-0.2, -0.15) is 0 Å². The van der Waals surface area contributed by atoms with Gasteiger partial charge in [0, 0.05) is 13.7 Å². The molecule has 7 heteroatoms. The molecule has 1 atom stereocenters. The first-order chi connectivity index (χ1) is 9.43. The van der Waals surface area contributed by atoms with Gasteiger partial charge in [0.15, 0.2) is 0 Å². The number of aromatic carboxylic acids is 1. The lowest BCUT2D eigenvalue weighted by Gasteiger charge is -2.12. The van der Waals surface area contributed by atoms with Crippen molar-refractivity contribution in [3.05, 3.63) is 29.6 Å². The lowest BCUT2D eigenvalue weighted by atomic mass is 10.2. The van der Waals surface area contributed by atoms with E-state index in [9.17, 15) is 14.0 Å². The fourth-order valence-corrected chi connectivity index (χ4v) is 1.53. The topological polar surface area (TPSA) is 87.7 Å². The molecule has 1 aromatic rings. The van der Waals surface area contributed by atoms with E-state index in [4.69, 9.17) is 9.84 Å². The summed E-state index contributed by atoms with van der Waals surface area (Å²) in [5.74, 6) is -1.90. The molecule has 1 rings (SSSR count). The number of nitrogens with one attached hydrogen (secondary N) is 2. The van der Waals surface area contributed by atoms with E-state index in [1.807, 2.05) is 6.92 Å². The minimum absolute atomic E-state index is 0.0769. The Morgan fingerprint density at radius 1 is 1.45 bits per heavy atom. The summed E-state index contributed by atoms with van der Waals surface area (Å²) in [4.78, 5) is 22.2. The number of carboxylic acid groups (broad SMARTS) is 1. The van der Waals surface area contributed by atoms with Crippen LogP contribution in [0.4, 0.5) is 14.9 Å². The van der Waals surface area contributed by atoms with Crippen molar-refractivity contribution in [1.82, 2.24) is 5.32 Å². The Morgan fingerprint density at radius 3 is 2.70 bits per heavy atom. The molecule has 6 nitrogen and oxygen atoms in total. The van der Waals surface area contributed by atoms with Gasteiger partial charge >= 0.3 is 12.0 Å². The predicted octanol–water partition coefficient (Wildman–Crippen LogP) is 1.93. The van der Waals surface area contributed by atoms with Gasteiger partial charge in [0.25, 0.3) is 0 Å². The second kappa shape index (κ2) is 7.44. The normalized spacial score (nSPS) is 11.8. The van der Waals surface area contributed by atoms with E-state index >= 15 is 0 Å². The summed E-state index contributed by atoms with van der Waals surface area (Å²) in [6.07, 6.45) is 0. The predicted molar refractivity (Wildman–Crippen MR) is 71.4 cm³/mol. The van der Waals surface area contributed by atoms with E-state index in [0.717, 1.165) is 6.07 Å². The number of rotatable bonds is 6. The zero-order valence-corrected chi connectivity index (χ0v) is 11.3. The second-order valence-corrected chi connectivity index (χ2v) is 4.40. The van der Waals surface area contributed by atoms with Crippen LogP contribution in [-0.2, 0) is 4.74 Å². The summed E-state index contributed by atoms with van der Waals surface area (Å²) in [7, 11) is 1.57. The van der Waals surface area contributed by atoms with E-state index < -0.39 is 17.8 Å². The maximum atomic E-state index is 13.6. The quantitative estimate of drug-likeness (QED) is 0.744. The first-order valence-electron chi connectivity index (χ1n) is 6.00. The average Bonchev–Trinajstić information content (AvgIpc) is 2.39. The molecule has 110 valence electrons. The Balaban J connectivity index is 2.56. The van der Waals surface area contributed by atoms with Gasteiger partial charge in [-0.25, -0.2) is 14.0 Å². The number of amides is 2. The van der Waals surface area contributed by atoms with Crippen LogP contribution in [0.2, 0.25) is 0 Å². The molecule has 2 amide bonds. The molecule has 0 aliphatic heterocycles. The highest BCUT2D eigenvalue weighted by molar-refractivity contribution is 5.91. The summed E-state index contributed by atoms with van der Waals surface area (Å²) in [5, 5.41) is 13.6. The summed E-state index contributed by atoms with van der Waals surface area (Å²) < 4.78 is 18.5. The molecule has 0 radical (unpaired) electrons. The first-order valence-corrected chi connectivity index (χ1v) is 6.00. The van der Waals surface area contributed by atoms with Gasteiger partial charge in [-0.15, -0.1) is 0 Å². The molecule has 0 fully saturated rings. The third kappa shape index (κ3) is 4.85. The molecule has 1 unspecified atom stereocenters. The van der Waals surface area contributed by atoms with E-state index in [1.54, 1.807) is 7.11 Å². The third-order valence-electron chi connectivity index (χ3n) is 2.53. The number of anilines is 1. The van der Waals surface area contributed by atoms with Crippen molar-refractivity contribution < 1.29 is 23.8 Å². The first kappa shape index (κ1) is 15.9.